The molecule has 0 aliphatic carbocycles. The van der Waals surface area contributed by atoms with Gasteiger partial charge in [-0.05, 0) is 46.1 Å². The smallest absolute Gasteiger partial charge is 0.0106 e. The standard InChI is InChI=1S/C11H25N3/c1-10(11-7-12-8-11)9-14(4)6-5-13(2)3/h10-12H,5-9H2,1-4H3. The van der Waals surface area contributed by atoms with E-state index in [2.05, 4.69) is 43.2 Å². The van der Waals surface area contributed by atoms with Crippen LogP contribution in [0.4, 0.5) is 0 Å². The van der Waals surface area contributed by atoms with Gasteiger partial charge in [0.05, 0.1) is 0 Å². The van der Waals surface area contributed by atoms with Crippen molar-refractivity contribution in [2.24, 2.45) is 11.8 Å². The van der Waals surface area contributed by atoms with Crippen molar-refractivity contribution in [1.29, 1.82) is 0 Å². The Balaban J connectivity index is 2.08. The van der Waals surface area contributed by atoms with E-state index in [9.17, 15) is 0 Å². The Morgan fingerprint density at radius 1 is 1.21 bits per heavy atom. The van der Waals surface area contributed by atoms with Gasteiger partial charge in [-0.25, -0.2) is 0 Å². The zero-order chi connectivity index (χ0) is 10.6. The summed E-state index contributed by atoms with van der Waals surface area (Å²) >= 11 is 0. The molecule has 1 aliphatic heterocycles. The van der Waals surface area contributed by atoms with Crippen LogP contribution in [-0.2, 0) is 0 Å². The second-order valence-electron chi connectivity index (χ2n) is 4.96. The molecule has 0 aromatic heterocycles. The molecule has 1 saturated heterocycles. The lowest BCUT2D eigenvalue weighted by atomic mass is 9.89. The molecular weight excluding hydrogens is 174 g/mol. The lowest BCUT2D eigenvalue weighted by Gasteiger charge is -2.35. The fourth-order valence-corrected chi connectivity index (χ4v) is 1.82. The number of hydrogen-bond donors (Lipinski definition) is 1. The van der Waals surface area contributed by atoms with Gasteiger partial charge < -0.3 is 15.1 Å². The summed E-state index contributed by atoms with van der Waals surface area (Å²) < 4.78 is 0. The predicted molar refractivity (Wildman–Crippen MR) is 61.6 cm³/mol. The number of hydrogen-bond acceptors (Lipinski definition) is 3. The van der Waals surface area contributed by atoms with Gasteiger partial charge in [-0.1, -0.05) is 6.92 Å². The highest BCUT2D eigenvalue weighted by Gasteiger charge is 2.23. The highest BCUT2D eigenvalue weighted by molar-refractivity contribution is 4.80. The van der Waals surface area contributed by atoms with Crippen LogP contribution in [0.2, 0.25) is 0 Å². The van der Waals surface area contributed by atoms with Crippen LogP contribution in [0.3, 0.4) is 0 Å². The van der Waals surface area contributed by atoms with E-state index in [0.29, 0.717) is 0 Å². The van der Waals surface area contributed by atoms with E-state index in [1.165, 1.54) is 26.2 Å². The number of nitrogens with zero attached hydrogens (tertiary/aromatic N) is 2. The van der Waals surface area contributed by atoms with E-state index < -0.39 is 0 Å². The molecule has 1 aliphatic rings. The first-order chi connectivity index (χ1) is 6.59. The van der Waals surface area contributed by atoms with Crippen LogP contribution in [-0.4, -0.2) is 63.7 Å². The average molecular weight is 199 g/mol. The van der Waals surface area contributed by atoms with Gasteiger partial charge in [-0.2, -0.15) is 0 Å². The normalized spacial score (nSPS) is 20.1. The molecule has 1 atom stereocenters. The number of likely N-dealkylation sites (N-methyl/N-ethyl adjacent to an activating group) is 2. The first kappa shape index (κ1) is 12.0. The minimum atomic E-state index is 0.836. The first-order valence-corrected chi connectivity index (χ1v) is 5.63. The second-order valence-corrected chi connectivity index (χ2v) is 4.96. The van der Waals surface area contributed by atoms with E-state index in [1.54, 1.807) is 0 Å². The monoisotopic (exact) mass is 199 g/mol. The molecule has 0 saturated carbocycles. The third-order valence-corrected chi connectivity index (χ3v) is 3.15. The maximum atomic E-state index is 3.34. The van der Waals surface area contributed by atoms with Gasteiger partial charge in [-0.15, -0.1) is 0 Å². The minimum absolute atomic E-state index is 0.836. The van der Waals surface area contributed by atoms with E-state index in [-0.39, 0.29) is 0 Å². The summed E-state index contributed by atoms with van der Waals surface area (Å²) in [6, 6.07) is 0. The van der Waals surface area contributed by atoms with Gasteiger partial charge in [0.1, 0.15) is 0 Å². The molecule has 3 heteroatoms. The predicted octanol–water partition coefficient (Wildman–Crippen LogP) is 0.335. The van der Waals surface area contributed by atoms with Crippen molar-refractivity contribution in [3.63, 3.8) is 0 Å². The molecule has 1 rings (SSSR count). The fourth-order valence-electron chi connectivity index (χ4n) is 1.82. The van der Waals surface area contributed by atoms with Crippen molar-refractivity contribution in [3.8, 4) is 0 Å². The maximum absolute atomic E-state index is 3.34. The van der Waals surface area contributed by atoms with Gasteiger partial charge >= 0.3 is 0 Å². The summed E-state index contributed by atoms with van der Waals surface area (Å²) in [6.07, 6.45) is 0. The first-order valence-electron chi connectivity index (χ1n) is 5.63. The quantitative estimate of drug-likeness (QED) is 0.665. The van der Waals surface area contributed by atoms with Crippen molar-refractivity contribution >= 4 is 0 Å². The van der Waals surface area contributed by atoms with Crippen LogP contribution in [0, 0.1) is 11.8 Å². The van der Waals surface area contributed by atoms with Crippen LogP contribution in [0.1, 0.15) is 6.92 Å². The lowest BCUT2D eigenvalue weighted by Crippen LogP contribution is -2.48. The Morgan fingerprint density at radius 2 is 1.86 bits per heavy atom. The fraction of sp³-hybridized carbons (Fsp3) is 1.00. The van der Waals surface area contributed by atoms with E-state index in [1.807, 2.05) is 0 Å². The summed E-state index contributed by atoms with van der Waals surface area (Å²) in [4.78, 5) is 4.69. The zero-order valence-electron chi connectivity index (χ0n) is 10.1. The third-order valence-electron chi connectivity index (χ3n) is 3.15. The van der Waals surface area contributed by atoms with Crippen LogP contribution in [0.15, 0.2) is 0 Å². The summed E-state index contributed by atoms with van der Waals surface area (Å²) in [5.41, 5.74) is 0. The van der Waals surface area contributed by atoms with Crippen LogP contribution >= 0.6 is 0 Å². The SMILES string of the molecule is CC(CN(C)CCN(C)C)C1CNC1. The van der Waals surface area contributed by atoms with Crippen LogP contribution in [0.5, 0.6) is 0 Å². The van der Waals surface area contributed by atoms with Crippen molar-refractivity contribution in [2.75, 3.05) is 53.9 Å². The summed E-state index contributed by atoms with van der Waals surface area (Å²) in [5, 5.41) is 3.34. The Hall–Kier alpha value is -0.120. The van der Waals surface area contributed by atoms with Crippen LogP contribution < -0.4 is 5.32 Å². The lowest BCUT2D eigenvalue weighted by molar-refractivity contribution is 0.178. The minimum Gasteiger partial charge on any atom is -0.316 e. The molecule has 0 amide bonds. The van der Waals surface area contributed by atoms with Gasteiger partial charge in [0.15, 0.2) is 0 Å². The topological polar surface area (TPSA) is 18.5 Å². The molecule has 1 unspecified atom stereocenters. The highest BCUT2D eigenvalue weighted by atomic mass is 15.1. The van der Waals surface area contributed by atoms with E-state index in [0.717, 1.165) is 18.4 Å². The third kappa shape index (κ3) is 3.95. The second kappa shape index (κ2) is 5.69. The molecule has 84 valence electrons. The molecule has 0 spiro atoms. The summed E-state index contributed by atoms with van der Waals surface area (Å²) in [7, 11) is 6.49. The largest absolute Gasteiger partial charge is 0.316 e. The molecule has 0 aromatic carbocycles. The van der Waals surface area contributed by atoms with Gasteiger partial charge in [0, 0.05) is 19.6 Å². The number of nitrogens with one attached hydrogen (secondary N) is 1. The van der Waals surface area contributed by atoms with Gasteiger partial charge in [-0.3, -0.25) is 0 Å². The molecule has 0 radical (unpaired) electrons. The van der Waals surface area contributed by atoms with Crippen molar-refractivity contribution < 1.29 is 0 Å². The number of rotatable bonds is 6. The molecule has 1 heterocycles. The summed E-state index contributed by atoms with van der Waals surface area (Å²) in [5.74, 6) is 1.75. The molecule has 14 heavy (non-hydrogen) atoms. The molecule has 3 nitrogen and oxygen atoms in total. The molecule has 1 fully saturated rings. The summed E-state index contributed by atoms with van der Waals surface area (Å²) in [6.45, 7) is 8.40. The Kier molecular flexibility index (Phi) is 4.85. The van der Waals surface area contributed by atoms with Crippen LogP contribution in [0.25, 0.3) is 0 Å². The van der Waals surface area contributed by atoms with E-state index in [4.69, 9.17) is 0 Å². The maximum Gasteiger partial charge on any atom is 0.0106 e. The molecular formula is C11H25N3. The van der Waals surface area contributed by atoms with Crippen molar-refractivity contribution in [2.45, 2.75) is 6.92 Å². The zero-order valence-corrected chi connectivity index (χ0v) is 10.1. The molecule has 1 N–H and O–H groups in total. The van der Waals surface area contributed by atoms with Crippen molar-refractivity contribution in [1.82, 2.24) is 15.1 Å². The Morgan fingerprint density at radius 3 is 2.29 bits per heavy atom. The van der Waals surface area contributed by atoms with Gasteiger partial charge in [0.2, 0.25) is 0 Å². The molecule has 0 bridgehead atoms. The van der Waals surface area contributed by atoms with Gasteiger partial charge in [0.25, 0.3) is 0 Å². The van der Waals surface area contributed by atoms with E-state index >= 15 is 0 Å². The highest BCUT2D eigenvalue weighted by Crippen LogP contribution is 2.16. The Labute approximate surface area is 88.5 Å². The average Bonchev–Trinajstić information content (AvgIpc) is 1.97. The molecule has 0 aromatic rings. The van der Waals surface area contributed by atoms with Crippen molar-refractivity contribution in [3.05, 3.63) is 0 Å². The Bertz CT molecular complexity index is 155.